The monoisotopic (exact) mass is 356 g/mol. The molecule has 5 nitrogen and oxygen atoms in total. The molecule has 1 atom stereocenters. The molecule has 0 saturated heterocycles. The van der Waals surface area contributed by atoms with Crippen LogP contribution in [-0.2, 0) is 16.0 Å². The van der Waals surface area contributed by atoms with Crippen LogP contribution in [0.1, 0.15) is 12.0 Å². The third-order valence-electron chi connectivity index (χ3n) is 3.97. The Balaban J connectivity index is 1.47. The van der Waals surface area contributed by atoms with E-state index in [4.69, 9.17) is 4.74 Å². The Kier molecular flexibility index (Phi) is 5.60. The fraction of sp³-hybridized carbons (Fsp3) is 0.263. The number of hydrogen-bond acceptors (Lipinski definition) is 4. The Hall–Kier alpha value is -2.47. The molecule has 1 heterocycles. The number of anilines is 1. The van der Waals surface area contributed by atoms with Crippen molar-refractivity contribution in [3.8, 4) is 5.75 Å². The van der Waals surface area contributed by atoms with E-state index >= 15 is 0 Å². The van der Waals surface area contributed by atoms with Crippen LogP contribution in [-0.4, -0.2) is 30.7 Å². The second kappa shape index (κ2) is 8.07. The Labute approximate surface area is 151 Å². The van der Waals surface area contributed by atoms with Gasteiger partial charge in [0.15, 0.2) is 0 Å². The lowest BCUT2D eigenvalue weighted by molar-refractivity contribution is -0.124. The summed E-state index contributed by atoms with van der Waals surface area (Å²) >= 11 is 1.44. The number of fused-ring (bicyclic) bond motifs is 1. The van der Waals surface area contributed by atoms with Crippen molar-refractivity contribution in [1.82, 2.24) is 5.32 Å². The van der Waals surface area contributed by atoms with Crippen LogP contribution in [0.2, 0.25) is 0 Å². The number of rotatable bonds is 6. The minimum absolute atomic E-state index is 0.111. The van der Waals surface area contributed by atoms with Gasteiger partial charge >= 0.3 is 0 Å². The van der Waals surface area contributed by atoms with Gasteiger partial charge in [0.2, 0.25) is 11.8 Å². The lowest BCUT2D eigenvalue weighted by atomic mass is 10.1. The largest absolute Gasteiger partial charge is 0.497 e. The highest BCUT2D eigenvalue weighted by Crippen LogP contribution is 2.36. The smallest absolute Gasteiger partial charge is 0.238 e. The molecule has 25 heavy (non-hydrogen) atoms. The molecule has 0 spiro atoms. The van der Waals surface area contributed by atoms with Gasteiger partial charge in [0.1, 0.15) is 5.75 Å². The van der Waals surface area contributed by atoms with Crippen LogP contribution in [0.5, 0.6) is 5.75 Å². The van der Waals surface area contributed by atoms with E-state index in [9.17, 15) is 9.59 Å². The fourth-order valence-corrected chi connectivity index (χ4v) is 3.72. The van der Waals surface area contributed by atoms with Crippen LogP contribution in [0.4, 0.5) is 5.69 Å². The molecule has 0 radical (unpaired) electrons. The molecule has 2 N–H and O–H groups in total. The summed E-state index contributed by atoms with van der Waals surface area (Å²) in [7, 11) is 1.63. The standard InChI is InChI=1S/C19H20N2O3S/c1-24-14-8-6-13(7-9-14)10-11-20-18(22)12-17-19(23)21-15-4-2-3-5-16(15)25-17/h2-9,17H,10-12H2,1H3,(H,20,22)(H,21,23)/t17-/m0/s1. The molecule has 0 unspecified atom stereocenters. The molecule has 0 aromatic heterocycles. The van der Waals surface area contributed by atoms with Gasteiger partial charge in [-0.25, -0.2) is 0 Å². The van der Waals surface area contributed by atoms with Gasteiger partial charge in [-0.3, -0.25) is 9.59 Å². The molecule has 0 fully saturated rings. The van der Waals surface area contributed by atoms with E-state index in [0.717, 1.165) is 28.3 Å². The molecular formula is C19H20N2O3S. The summed E-state index contributed by atoms with van der Waals surface area (Å²) < 4.78 is 5.12. The number of para-hydroxylation sites is 1. The van der Waals surface area contributed by atoms with Crippen LogP contribution in [0, 0.1) is 0 Å². The summed E-state index contributed by atoms with van der Waals surface area (Å²) in [5, 5.41) is 5.35. The lowest BCUT2D eigenvalue weighted by Crippen LogP contribution is -2.35. The van der Waals surface area contributed by atoms with Crippen molar-refractivity contribution >= 4 is 29.3 Å². The average Bonchev–Trinajstić information content (AvgIpc) is 2.63. The highest BCUT2D eigenvalue weighted by atomic mass is 32.2. The first-order valence-electron chi connectivity index (χ1n) is 8.12. The van der Waals surface area contributed by atoms with E-state index < -0.39 is 5.25 Å². The maximum Gasteiger partial charge on any atom is 0.238 e. The Morgan fingerprint density at radius 3 is 2.72 bits per heavy atom. The molecule has 0 aliphatic carbocycles. The summed E-state index contributed by atoms with van der Waals surface area (Å²) in [6.45, 7) is 0.542. The molecular weight excluding hydrogens is 336 g/mol. The lowest BCUT2D eigenvalue weighted by Gasteiger charge is -2.23. The van der Waals surface area contributed by atoms with E-state index in [1.807, 2.05) is 48.5 Å². The predicted molar refractivity (Wildman–Crippen MR) is 99.0 cm³/mol. The number of ether oxygens (including phenoxy) is 1. The topological polar surface area (TPSA) is 67.4 Å². The van der Waals surface area contributed by atoms with Crippen molar-refractivity contribution < 1.29 is 14.3 Å². The molecule has 1 aliphatic heterocycles. The summed E-state index contributed by atoms with van der Waals surface area (Å²) in [6.07, 6.45) is 0.913. The summed E-state index contributed by atoms with van der Waals surface area (Å²) in [5.41, 5.74) is 1.94. The normalized spacial score (nSPS) is 15.9. The molecule has 2 aromatic carbocycles. The van der Waals surface area contributed by atoms with Crippen LogP contribution < -0.4 is 15.4 Å². The number of hydrogen-bond donors (Lipinski definition) is 2. The number of nitrogens with one attached hydrogen (secondary N) is 2. The van der Waals surface area contributed by atoms with Gasteiger partial charge in [0, 0.05) is 17.9 Å². The quantitative estimate of drug-likeness (QED) is 0.835. The maximum absolute atomic E-state index is 12.1. The van der Waals surface area contributed by atoms with Gasteiger partial charge < -0.3 is 15.4 Å². The van der Waals surface area contributed by atoms with Crippen LogP contribution in [0.15, 0.2) is 53.4 Å². The fourth-order valence-electron chi connectivity index (χ4n) is 2.61. The Bertz CT molecular complexity index is 762. The SMILES string of the molecule is COc1ccc(CCNC(=O)C[C@@H]2Sc3ccccc3NC2=O)cc1. The predicted octanol–water partition coefficient (Wildman–Crippen LogP) is 2.86. The summed E-state index contributed by atoms with van der Waals surface area (Å²) in [4.78, 5) is 25.3. The summed E-state index contributed by atoms with van der Waals surface area (Å²) in [6, 6.07) is 15.4. The van der Waals surface area contributed by atoms with E-state index in [1.54, 1.807) is 7.11 Å². The average molecular weight is 356 g/mol. The first kappa shape index (κ1) is 17.4. The zero-order chi connectivity index (χ0) is 17.6. The van der Waals surface area contributed by atoms with Crippen LogP contribution >= 0.6 is 11.8 Å². The van der Waals surface area contributed by atoms with Crippen molar-refractivity contribution in [2.24, 2.45) is 0 Å². The molecule has 6 heteroatoms. The second-order valence-corrected chi connectivity index (χ2v) is 6.99. The first-order chi connectivity index (χ1) is 12.2. The molecule has 0 bridgehead atoms. The Morgan fingerprint density at radius 2 is 1.96 bits per heavy atom. The van der Waals surface area contributed by atoms with Crippen molar-refractivity contribution in [2.45, 2.75) is 23.0 Å². The van der Waals surface area contributed by atoms with E-state index in [1.165, 1.54) is 11.8 Å². The zero-order valence-corrected chi connectivity index (χ0v) is 14.8. The number of benzene rings is 2. The van der Waals surface area contributed by atoms with Crippen molar-refractivity contribution in [2.75, 3.05) is 19.0 Å². The highest BCUT2D eigenvalue weighted by molar-refractivity contribution is 8.01. The highest BCUT2D eigenvalue weighted by Gasteiger charge is 2.28. The third-order valence-corrected chi connectivity index (χ3v) is 5.25. The molecule has 3 rings (SSSR count). The second-order valence-electron chi connectivity index (χ2n) is 5.74. The van der Waals surface area contributed by atoms with Crippen LogP contribution in [0.3, 0.4) is 0 Å². The number of thioether (sulfide) groups is 1. The van der Waals surface area contributed by atoms with Gasteiger partial charge in [-0.1, -0.05) is 24.3 Å². The van der Waals surface area contributed by atoms with Gasteiger partial charge in [-0.2, -0.15) is 0 Å². The number of amides is 2. The minimum Gasteiger partial charge on any atom is -0.497 e. The molecule has 2 aromatic rings. The van der Waals surface area contributed by atoms with Crippen molar-refractivity contribution in [1.29, 1.82) is 0 Å². The van der Waals surface area contributed by atoms with E-state index in [2.05, 4.69) is 10.6 Å². The first-order valence-corrected chi connectivity index (χ1v) is 9.00. The van der Waals surface area contributed by atoms with Gasteiger partial charge in [0.25, 0.3) is 0 Å². The van der Waals surface area contributed by atoms with E-state index in [0.29, 0.717) is 6.54 Å². The van der Waals surface area contributed by atoms with Crippen molar-refractivity contribution in [3.63, 3.8) is 0 Å². The molecule has 130 valence electrons. The number of carbonyl (C=O) groups excluding carboxylic acids is 2. The molecule has 2 amide bonds. The van der Waals surface area contributed by atoms with E-state index in [-0.39, 0.29) is 18.2 Å². The minimum atomic E-state index is -0.393. The summed E-state index contributed by atoms with van der Waals surface area (Å²) in [5.74, 6) is 0.586. The number of methoxy groups -OCH3 is 1. The molecule has 0 saturated carbocycles. The Morgan fingerprint density at radius 1 is 1.20 bits per heavy atom. The zero-order valence-electron chi connectivity index (χ0n) is 14.0. The van der Waals surface area contributed by atoms with Gasteiger partial charge in [0.05, 0.1) is 18.0 Å². The maximum atomic E-state index is 12.1. The van der Waals surface area contributed by atoms with Gasteiger partial charge in [-0.15, -0.1) is 11.8 Å². The van der Waals surface area contributed by atoms with Crippen LogP contribution in [0.25, 0.3) is 0 Å². The number of carbonyl (C=O) groups is 2. The van der Waals surface area contributed by atoms with Crippen molar-refractivity contribution in [3.05, 3.63) is 54.1 Å². The van der Waals surface area contributed by atoms with Gasteiger partial charge in [-0.05, 0) is 36.2 Å². The third kappa shape index (κ3) is 4.54. The molecule has 1 aliphatic rings.